The van der Waals surface area contributed by atoms with Crippen LogP contribution in [0.5, 0.6) is 0 Å². The standard InChI is InChI=1S/C17H21N3O/c1-12-8-9-13-5-4-7-15(16(13)19-12)17(21)20-10-3-2-6-14(20)11-18/h4-5,7-9,14H,2-3,6,10-11,18H2,1H3/t14-/m1/s1. The first-order chi connectivity index (χ1) is 10.2. The average Bonchev–Trinajstić information content (AvgIpc) is 2.53. The molecule has 1 saturated heterocycles. The van der Waals surface area contributed by atoms with E-state index >= 15 is 0 Å². The first-order valence-electron chi connectivity index (χ1n) is 7.58. The van der Waals surface area contributed by atoms with Crippen LogP contribution in [0.25, 0.3) is 10.9 Å². The number of hydrogen-bond donors (Lipinski definition) is 1. The molecule has 1 atom stereocenters. The van der Waals surface area contributed by atoms with Crippen molar-refractivity contribution in [3.05, 3.63) is 41.6 Å². The van der Waals surface area contributed by atoms with Gasteiger partial charge < -0.3 is 10.6 Å². The van der Waals surface area contributed by atoms with E-state index in [9.17, 15) is 4.79 Å². The largest absolute Gasteiger partial charge is 0.334 e. The van der Waals surface area contributed by atoms with E-state index in [1.807, 2.05) is 42.2 Å². The van der Waals surface area contributed by atoms with Gasteiger partial charge in [-0.05, 0) is 38.3 Å². The Morgan fingerprint density at radius 2 is 2.19 bits per heavy atom. The lowest BCUT2D eigenvalue weighted by molar-refractivity contribution is 0.0625. The topological polar surface area (TPSA) is 59.2 Å². The number of rotatable bonds is 2. The summed E-state index contributed by atoms with van der Waals surface area (Å²) >= 11 is 0. The highest BCUT2D eigenvalue weighted by molar-refractivity contribution is 6.05. The zero-order chi connectivity index (χ0) is 14.8. The number of aromatic nitrogens is 1. The lowest BCUT2D eigenvalue weighted by atomic mass is 10.00. The molecule has 2 heterocycles. The molecular formula is C17H21N3O. The molecule has 21 heavy (non-hydrogen) atoms. The predicted octanol–water partition coefficient (Wildman–Crippen LogP) is 2.50. The zero-order valence-corrected chi connectivity index (χ0v) is 12.4. The third kappa shape index (κ3) is 2.63. The lowest BCUT2D eigenvalue weighted by Gasteiger charge is -2.35. The van der Waals surface area contributed by atoms with Gasteiger partial charge in [-0.3, -0.25) is 9.78 Å². The Morgan fingerprint density at radius 1 is 1.33 bits per heavy atom. The van der Waals surface area contributed by atoms with Crippen LogP contribution in [-0.2, 0) is 0 Å². The van der Waals surface area contributed by atoms with Crippen LogP contribution < -0.4 is 5.73 Å². The third-order valence-corrected chi connectivity index (χ3v) is 4.25. The summed E-state index contributed by atoms with van der Waals surface area (Å²) in [5.74, 6) is 0.0638. The molecule has 0 aliphatic carbocycles. The van der Waals surface area contributed by atoms with E-state index in [0.29, 0.717) is 12.1 Å². The van der Waals surface area contributed by atoms with E-state index in [4.69, 9.17) is 5.73 Å². The fourth-order valence-electron chi connectivity index (χ4n) is 3.08. The van der Waals surface area contributed by atoms with Gasteiger partial charge in [-0.2, -0.15) is 0 Å². The van der Waals surface area contributed by atoms with E-state index in [-0.39, 0.29) is 11.9 Å². The van der Waals surface area contributed by atoms with E-state index in [0.717, 1.165) is 42.4 Å². The van der Waals surface area contributed by atoms with Crippen molar-refractivity contribution in [3.63, 3.8) is 0 Å². The number of carbonyl (C=O) groups excluding carboxylic acids is 1. The minimum absolute atomic E-state index is 0.0638. The molecule has 0 bridgehead atoms. The van der Waals surface area contributed by atoms with Crippen molar-refractivity contribution < 1.29 is 4.79 Å². The van der Waals surface area contributed by atoms with E-state index in [1.54, 1.807) is 0 Å². The molecule has 0 saturated carbocycles. The van der Waals surface area contributed by atoms with Crippen LogP contribution in [0.3, 0.4) is 0 Å². The second-order valence-electron chi connectivity index (χ2n) is 5.71. The molecule has 110 valence electrons. The molecule has 2 N–H and O–H groups in total. The van der Waals surface area contributed by atoms with Crippen LogP contribution in [0.1, 0.15) is 35.3 Å². The summed E-state index contributed by atoms with van der Waals surface area (Å²) in [5, 5.41) is 1.01. The van der Waals surface area contributed by atoms with Crippen LogP contribution in [0.2, 0.25) is 0 Å². The molecular weight excluding hydrogens is 262 g/mol. The minimum Gasteiger partial charge on any atom is -0.334 e. The Hall–Kier alpha value is -1.94. The molecule has 4 nitrogen and oxygen atoms in total. The van der Waals surface area contributed by atoms with E-state index in [1.165, 1.54) is 0 Å². The van der Waals surface area contributed by atoms with Gasteiger partial charge in [-0.1, -0.05) is 18.2 Å². The van der Waals surface area contributed by atoms with Crippen molar-refractivity contribution in [2.75, 3.05) is 13.1 Å². The van der Waals surface area contributed by atoms with Crippen LogP contribution in [0.4, 0.5) is 0 Å². The van der Waals surface area contributed by atoms with Crippen LogP contribution in [-0.4, -0.2) is 34.9 Å². The van der Waals surface area contributed by atoms with Gasteiger partial charge in [-0.15, -0.1) is 0 Å². The molecule has 0 radical (unpaired) electrons. The maximum atomic E-state index is 12.9. The Bertz CT molecular complexity index is 668. The maximum absolute atomic E-state index is 12.9. The van der Waals surface area contributed by atoms with Crippen LogP contribution in [0.15, 0.2) is 30.3 Å². The Kier molecular flexibility index (Phi) is 3.88. The smallest absolute Gasteiger partial charge is 0.256 e. The number of amides is 1. The van der Waals surface area contributed by atoms with Gasteiger partial charge in [0.05, 0.1) is 11.1 Å². The normalized spacial score (nSPS) is 19.0. The second-order valence-corrected chi connectivity index (χ2v) is 5.71. The number of piperidine rings is 1. The van der Waals surface area contributed by atoms with Crippen molar-refractivity contribution in [1.82, 2.24) is 9.88 Å². The number of aryl methyl sites for hydroxylation is 1. The Labute approximate surface area is 125 Å². The molecule has 1 amide bonds. The predicted molar refractivity (Wildman–Crippen MR) is 84.2 cm³/mol. The molecule has 1 fully saturated rings. The van der Waals surface area contributed by atoms with Gasteiger partial charge in [-0.25, -0.2) is 0 Å². The van der Waals surface area contributed by atoms with Crippen molar-refractivity contribution in [2.24, 2.45) is 5.73 Å². The molecule has 2 aromatic rings. The highest BCUT2D eigenvalue weighted by Gasteiger charge is 2.27. The zero-order valence-electron chi connectivity index (χ0n) is 12.4. The number of nitrogens with two attached hydrogens (primary N) is 1. The number of pyridine rings is 1. The van der Waals surface area contributed by atoms with Crippen molar-refractivity contribution in [2.45, 2.75) is 32.2 Å². The lowest BCUT2D eigenvalue weighted by Crippen LogP contribution is -2.47. The van der Waals surface area contributed by atoms with E-state index < -0.39 is 0 Å². The monoisotopic (exact) mass is 283 g/mol. The summed E-state index contributed by atoms with van der Waals surface area (Å²) < 4.78 is 0. The number of nitrogens with zero attached hydrogens (tertiary/aromatic N) is 2. The highest BCUT2D eigenvalue weighted by Crippen LogP contribution is 2.23. The summed E-state index contributed by atoms with van der Waals surface area (Å²) in [5.41, 5.74) is 8.25. The van der Waals surface area contributed by atoms with Crippen molar-refractivity contribution in [1.29, 1.82) is 0 Å². The van der Waals surface area contributed by atoms with Gasteiger partial charge in [0.15, 0.2) is 0 Å². The van der Waals surface area contributed by atoms with Gasteiger partial charge in [0.25, 0.3) is 5.91 Å². The average molecular weight is 283 g/mol. The number of para-hydroxylation sites is 1. The summed E-state index contributed by atoms with van der Waals surface area (Å²) in [6.45, 7) is 3.27. The molecule has 1 aliphatic rings. The first-order valence-corrected chi connectivity index (χ1v) is 7.58. The molecule has 1 aliphatic heterocycles. The van der Waals surface area contributed by atoms with E-state index in [2.05, 4.69) is 4.98 Å². The third-order valence-electron chi connectivity index (χ3n) is 4.25. The number of fused-ring (bicyclic) bond motifs is 1. The SMILES string of the molecule is Cc1ccc2cccc(C(=O)N3CCCC[C@@H]3CN)c2n1. The quantitative estimate of drug-likeness (QED) is 0.921. The first kappa shape index (κ1) is 14.0. The Morgan fingerprint density at radius 3 is 3.00 bits per heavy atom. The summed E-state index contributed by atoms with van der Waals surface area (Å²) in [7, 11) is 0. The Balaban J connectivity index is 2.03. The summed E-state index contributed by atoms with van der Waals surface area (Å²) in [6.07, 6.45) is 3.21. The molecule has 3 rings (SSSR count). The number of hydrogen-bond acceptors (Lipinski definition) is 3. The number of carbonyl (C=O) groups is 1. The fourth-order valence-corrected chi connectivity index (χ4v) is 3.08. The molecule has 4 heteroatoms. The van der Waals surface area contributed by atoms with Crippen molar-refractivity contribution >= 4 is 16.8 Å². The van der Waals surface area contributed by atoms with Gasteiger partial charge >= 0.3 is 0 Å². The minimum atomic E-state index is 0.0638. The maximum Gasteiger partial charge on any atom is 0.256 e. The summed E-state index contributed by atoms with van der Waals surface area (Å²) in [6, 6.07) is 9.94. The number of likely N-dealkylation sites (tertiary alicyclic amines) is 1. The summed E-state index contributed by atoms with van der Waals surface area (Å²) in [4.78, 5) is 19.4. The molecule has 0 unspecified atom stereocenters. The van der Waals surface area contributed by atoms with Crippen LogP contribution in [0, 0.1) is 6.92 Å². The molecule has 0 spiro atoms. The highest BCUT2D eigenvalue weighted by atomic mass is 16.2. The number of benzene rings is 1. The van der Waals surface area contributed by atoms with Gasteiger partial charge in [0, 0.05) is 30.2 Å². The van der Waals surface area contributed by atoms with Crippen LogP contribution >= 0.6 is 0 Å². The molecule has 1 aromatic heterocycles. The van der Waals surface area contributed by atoms with Crippen molar-refractivity contribution in [3.8, 4) is 0 Å². The molecule has 1 aromatic carbocycles. The second kappa shape index (κ2) is 5.82. The fraction of sp³-hybridized carbons (Fsp3) is 0.412. The van der Waals surface area contributed by atoms with Gasteiger partial charge in [0.2, 0.25) is 0 Å². The van der Waals surface area contributed by atoms with Gasteiger partial charge in [0.1, 0.15) is 0 Å².